The van der Waals surface area contributed by atoms with Crippen LogP contribution in [-0.2, 0) is 14.3 Å². The molecule has 1 N–H and O–H groups in total. The minimum Gasteiger partial charge on any atom is -0.469 e. The smallest absolute Gasteiger partial charge is 0.305 e. The molecule has 1 rings (SSSR count). The second-order valence-corrected chi connectivity index (χ2v) is 7.20. The van der Waals surface area contributed by atoms with E-state index in [1.165, 1.54) is 7.11 Å². The van der Waals surface area contributed by atoms with Crippen LogP contribution in [0.2, 0.25) is 0 Å². The van der Waals surface area contributed by atoms with Crippen molar-refractivity contribution in [1.29, 1.82) is 0 Å². The Kier molecular flexibility index (Phi) is 11.5. The number of ether oxygens (including phenoxy) is 1. The zero-order valence-electron chi connectivity index (χ0n) is 17.1. The maximum atomic E-state index is 12.1. The number of carbonyl (C=O) groups is 2. The summed E-state index contributed by atoms with van der Waals surface area (Å²) in [6.07, 6.45) is 10.4. The van der Waals surface area contributed by atoms with E-state index >= 15 is 0 Å². The molecule has 0 aromatic rings. The van der Waals surface area contributed by atoms with Crippen LogP contribution < -0.4 is 0 Å². The van der Waals surface area contributed by atoms with Crippen LogP contribution in [0.3, 0.4) is 0 Å². The third-order valence-corrected chi connectivity index (χ3v) is 4.97. The lowest BCUT2D eigenvalue weighted by Gasteiger charge is -2.23. The largest absolute Gasteiger partial charge is 0.469 e. The molecular formula is C22H35NO4. The Balaban J connectivity index is 2.37. The highest BCUT2D eigenvalue weighted by Gasteiger charge is 2.28. The van der Waals surface area contributed by atoms with Crippen molar-refractivity contribution in [3.05, 3.63) is 12.2 Å². The van der Waals surface area contributed by atoms with E-state index in [0.717, 1.165) is 45.1 Å². The van der Waals surface area contributed by atoms with E-state index in [-0.39, 0.29) is 23.8 Å². The van der Waals surface area contributed by atoms with Gasteiger partial charge in [-0.2, -0.15) is 0 Å². The lowest BCUT2D eigenvalue weighted by Crippen LogP contribution is -2.33. The molecule has 152 valence electrons. The van der Waals surface area contributed by atoms with Gasteiger partial charge in [-0.3, -0.25) is 9.59 Å². The van der Waals surface area contributed by atoms with Crippen molar-refractivity contribution in [2.45, 2.75) is 83.8 Å². The lowest BCUT2D eigenvalue weighted by molar-refractivity contribution is -0.140. The van der Waals surface area contributed by atoms with Crippen LogP contribution in [0.1, 0.15) is 71.6 Å². The lowest BCUT2D eigenvalue weighted by atomic mass is 10.00. The molecule has 0 aromatic carbocycles. The van der Waals surface area contributed by atoms with Gasteiger partial charge >= 0.3 is 5.97 Å². The predicted molar refractivity (Wildman–Crippen MR) is 107 cm³/mol. The van der Waals surface area contributed by atoms with E-state index in [0.29, 0.717) is 19.3 Å². The number of unbranched alkanes of at least 4 members (excludes halogenated alkanes) is 3. The van der Waals surface area contributed by atoms with Crippen LogP contribution >= 0.6 is 0 Å². The monoisotopic (exact) mass is 377 g/mol. The van der Waals surface area contributed by atoms with E-state index in [1.807, 2.05) is 30.9 Å². The molecule has 0 saturated carbocycles. The molecule has 27 heavy (non-hydrogen) atoms. The molecule has 1 aliphatic rings. The molecule has 1 unspecified atom stereocenters. The summed E-state index contributed by atoms with van der Waals surface area (Å²) < 4.78 is 4.63. The van der Waals surface area contributed by atoms with Crippen LogP contribution in [0.4, 0.5) is 0 Å². The first-order valence-electron chi connectivity index (χ1n) is 10.2. The molecule has 1 heterocycles. The van der Waals surface area contributed by atoms with Crippen LogP contribution in [0, 0.1) is 17.8 Å². The van der Waals surface area contributed by atoms with E-state index in [9.17, 15) is 14.7 Å². The van der Waals surface area contributed by atoms with E-state index < -0.39 is 6.10 Å². The number of aliphatic hydroxyl groups excluding tert-OH is 1. The van der Waals surface area contributed by atoms with Crippen molar-refractivity contribution in [2.75, 3.05) is 13.7 Å². The summed E-state index contributed by atoms with van der Waals surface area (Å²) in [5.41, 5.74) is 0. The van der Waals surface area contributed by atoms with E-state index in [1.54, 1.807) is 0 Å². The van der Waals surface area contributed by atoms with Gasteiger partial charge in [0, 0.05) is 32.2 Å². The number of nitrogens with zero attached hydrogens (tertiary/aromatic N) is 1. The molecule has 0 bridgehead atoms. The molecule has 1 aliphatic heterocycles. The zero-order valence-corrected chi connectivity index (χ0v) is 17.1. The summed E-state index contributed by atoms with van der Waals surface area (Å²) in [5.74, 6) is 6.22. The van der Waals surface area contributed by atoms with Gasteiger partial charge in [-0.15, -0.1) is 11.8 Å². The summed E-state index contributed by atoms with van der Waals surface area (Å²) >= 11 is 0. The maximum Gasteiger partial charge on any atom is 0.305 e. The molecule has 3 atom stereocenters. The maximum absolute atomic E-state index is 12.1. The highest BCUT2D eigenvalue weighted by Crippen LogP contribution is 2.22. The summed E-state index contributed by atoms with van der Waals surface area (Å²) in [7, 11) is 1.41. The Labute approximate surface area is 164 Å². The zero-order chi connectivity index (χ0) is 20.1. The number of rotatable bonds is 11. The fraction of sp³-hybridized carbons (Fsp3) is 0.727. The molecule has 0 radical (unpaired) electrons. The number of aliphatic hydroxyl groups is 1. The van der Waals surface area contributed by atoms with Gasteiger partial charge in [0.25, 0.3) is 0 Å². The van der Waals surface area contributed by atoms with Gasteiger partial charge in [0.15, 0.2) is 0 Å². The minimum atomic E-state index is -0.535. The van der Waals surface area contributed by atoms with Crippen LogP contribution in [0.15, 0.2) is 12.2 Å². The number of hydrogen-bond donors (Lipinski definition) is 1. The first-order valence-corrected chi connectivity index (χ1v) is 10.2. The average molecular weight is 378 g/mol. The van der Waals surface area contributed by atoms with Gasteiger partial charge in [-0.05, 0) is 25.2 Å². The quantitative estimate of drug-likeness (QED) is 0.259. The number of esters is 1. The minimum absolute atomic E-state index is 0.0798. The Morgan fingerprint density at radius 2 is 2.07 bits per heavy atom. The summed E-state index contributed by atoms with van der Waals surface area (Å²) in [5, 5.41) is 10.3. The van der Waals surface area contributed by atoms with Gasteiger partial charge in [-0.1, -0.05) is 38.8 Å². The Morgan fingerprint density at radius 3 is 2.78 bits per heavy atom. The van der Waals surface area contributed by atoms with Crippen molar-refractivity contribution in [3.8, 4) is 11.8 Å². The topological polar surface area (TPSA) is 66.8 Å². The molecule has 1 amide bonds. The normalized spacial score (nSPS) is 19.0. The number of carbonyl (C=O) groups excluding carboxylic acids is 2. The van der Waals surface area contributed by atoms with Gasteiger partial charge in [0.2, 0.25) is 5.91 Å². The van der Waals surface area contributed by atoms with Crippen molar-refractivity contribution in [2.24, 2.45) is 5.92 Å². The first-order chi connectivity index (χ1) is 13.0. The van der Waals surface area contributed by atoms with Crippen LogP contribution in [0.25, 0.3) is 0 Å². The number of hydrogen-bond acceptors (Lipinski definition) is 4. The summed E-state index contributed by atoms with van der Waals surface area (Å²) in [6, 6.07) is 0.0798. The summed E-state index contributed by atoms with van der Waals surface area (Å²) in [4.78, 5) is 25.1. The first kappa shape index (κ1) is 23.2. The third kappa shape index (κ3) is 9.10. The second kappa shape index (κ2) is 13.4. The number of amides is 1. The van der Waals surface area contributed by atoms with Crippen LogP contribution in [-0.4, -0.2) is 47.7 Å². The van der Waals surface area contributed by atoms with Crippen molar-refractivity contribution in [3.63, 3.8) is 0 Å². The molecule has 5 nitrogen and oxygen atoms in total. The molecule has 1 fully saturated rings. The van der Waals surface area contributed by atoms with Crippen LogP contribution in [0.5, 0.6) is 0 Å². The van der Waals surface area contributed by atoms with Gasteiger partial charge in [0.05, 0.1) is 19.3 Å². The highest BCUT2D eigenvalue weighted by atomic mass is 16.5. The standard InChI is InChI=1S/C22H35NO4/c1-4-5-8-11-18(2)20(24)15-13-19-14-16-21(25)23(19)17-10-7-6-9-12-22(26)27-3/h13,15,18-20,24H,4,6-7,9-12,14,16-17H2,1-3H3/b15-13+/t18-,19?,20+/m0/s1. The number of likely N-dealkylation sites (tertiary alicyclic amines) is 1. The summed E-state index contributed by atoms with van der Waals surface area (Å²) in [6.45, 7) is 4.74. The van der Waals surface area contributed by atoms with Crippen molar-refractivity contribution in [1.82, 2.24) is 4.90 Å². The molecule has 0 spiro atoms. The Bertz CT molecular complexity index is 546. The average Bonchev–Trinajstić information content (AvgIpc) is 3.02. The second-order valence-electron chi connectivity index (χ2n) is 7.20. The molecular weight excluding hydrogens is 342 g/mol. The molecule has 0 aromatic heterocycles. The van der Waals surface area contributed by atoms with Gasteiger partial charge < -0.3 is 14.7 Å². The predicted octanol–water partition coefficient (Wildman–Crippen LogP) is 3.46. The molecule has 5 heteroatoms. The highest BCUT2D eigenvalue weighted by molar-refractivity contribution is 5.79. The molecule has 1 saturated heterocycles. The number of methoxy groups -OCH3 is 1. The molecule has 0 aliphatic carbocycles. The van der Waals surface area contributed by atoms with E-state index in [4.69, 9.17) is 0 Å². The fourth-order valence-corrected chi connectivity index (χ4v) is 3.16. The Morgan fingerprint density at radius 1 is 1.33 bits per heavy atom. The van der Waals surface area contributed by atoms with Gasteiger partial charge in [0.1, 0.15) is 0 Å². The SMILES string of the molecule is CCC#CC[C@H](C)[C@H](O)/C=C/C1CCC(=O)N1CCCCCCC(=O)OC. The Hall–Kier alpha value is -1.80. The fourth-order valence-electron chi connectivity index (χ4n) is 3.16. The van der Waals surface area contributed by atoms with Crippen molar-refractivity contribution >= 4 is 11.9 Å². The third-order valence-electron chi connectivity index (χ3n) is 4.97. The van der Waals surface area contributed by atoms with E-state index in [2.05, 4.69) is 16.6 Å². The van der Waals surface area contributed by atoms with Crippen molar-refractivity contribution < 1.29 is 19.4 Å². The van der Waals surface area contributed by atoms with Gasteiger partial charge in [-0.25, -0.2) is 0 Å².